The molecule has 0 amide bonds. The molecule has 2 aromatic carbocycles. The quantitative estimate of drug-likeness (QED) is 0.595. The third-order valence-corrected chi connectivity index (χ3v) is 5.34. The Morgan fingerprint density at radius 3 is 2.48 bits per heavy atom. The Morgan fingerprint density at radius 1 is 1.07 bits per heavy atom. The van der Waals surface area contributed by atoms with E-state index >= 15 is 0 Å². The third kappa shape index (κ3) is 3.02. The number of nitrogens with two attached hydrogens (primary N) is 1. The molecule has 1 atom stereocenters. The Labute approximate surface area is 169 Å². The van der Waals surface area contributed by atoms with Crippen LogP contribution >= 0.6 is 34.8 Å². The van der Waals surface area contributed by atoms with Crippen molar-refractivity contribution in [3.63, 3.8) is 0 Å². The fraction of sp³-hybridized carbons (Fsp3) is 0.0526. The van der Waals surface area contributed by atoms with Crippen LogP contribution in [-0.2, 0) is 0 Å². The molecule has 0 radical (unpaired) electrons. The molecular weight excluding hydrogens is 407 g/mol. The van der Waals surface area contributed by atoms with E-state index in [-0.39, 0.29) is 5.88 Å². The van der Waals surface area contributed by atoms with Gasteiger partial charge >= 0.3 is 0 Å². The molecule has 1 aliphatic heterocycles. The molecule has 1 aromatic heterocycles. The van der Waals surface area contributed by atoms with Crippen molar-refractivity contribution in [3.05, 3.63) is 80.1 Å². The number of nitriles is 1. The SMILES string of the molecule is N#CC1=C(N)Oc2n[nH]c(-c3ccc(Cl)c(Cl)c3)c2C1c1ccc(Cl)cc1. The summed E-state index contributed by atoms with van der Waals surface area (Å²) in [5.41, 5.74) is 9.24. The number of nitrogens with one attached hydrogen (secondary N) is 1. The first-order valence-electron chi connectivity index (χ1n) is 7.86. The van der Waals surface area contributed by atoms with Crippen LogP contribution in [0.1, 0.15) is 17.0 Å². The molecule has 8 heteroatoms. The Bertz CT molecular complexity index is 1110. The maximum atomic E-state index is 9.69. The number of hydrogen-bond donors (Lipinski definition) is 2. The molecule has 134 valence electrons. The first-order chi connectivity index (χ1) is 13.0. The number of aromatic amines is 1. The van der Waals surface area contributed by atoms with E-state index in [4.69, 9.17) is 45.3 Å². The van der Waals surface area contributed by atoms with E-state index in [1.807, 2.05) is 18.2 Å². The van der Waals surface area contributed by atoms with Crippen LogP contribution in [0.3, 0.4) is 0 Å². The Hall–Kier alpha value is -2.65. The molecule has 0 bridgehead atoms. The van der Waals surface area contributed by atoms with Crippen molar-refractivity contribution in [2.75, 3.05) is 0 Å². The van der Waals surface area contributed by atoms with Crippen molar-refractivity contribution in [1.82, 2.24) is 10.2 Å². The zero-order valence-electron chi connectivity index (χ0n) is 13.6. The van der Waals surface area contributed by atoms with E-state index in [9.17, 15) is 5.26 Å². The predicted molar refractivity (Wildman–Crippen MR) is 105 cm³/mol. The molecule has 0 fully saturated rings. The molecule has 1 aliphatic rings. The van der Waals surface area contributed by atoms with Crippen molar-refractivity contribution in [1.29, 1.82) is 5.26 Å². The average Bonchev–Trinajstić information content (AvgIpc) is 3.07. The van der Waals surface area contributed by atoms with Crippen LogP contribution in [0.15, 0.2) is 53.9 Å². The minimum Gasteiger partial charge on any atom is -0.420 e. The lowest BCUT2D eigenvalue weighted by atomic mass is 9.83. The maximum Gasteiger partial charge on any atom is 0.244 e. The van der Waals surface area contributed by atoms with Crippen LogP contribution < -0.4 is 10.5 Å². The van der Waals surface area contributed by atoms with Gasteiger partial charge in [-0.25, -0.2) is 0 Å². The maximum absolute atomic E-state index is 9.69. The van der Waals surface area contributed by atoms with E-state index in [0.717, 1.165) is 11.1 Å². The molecule has 1 unspecified atom stereocenters. The number of rotatable bonds is 2. The minimum atomic E-state index is -0.459. The van der Waals surface area contributed by atoms with Gasteiger partial charge in [0.05, 0.1) is 27.2 Å². The van der Waals surface area contributed by atoms with Crippen molar-refractivity contribution in [2.45, 2.75) is 5.92 Å². The van der Waals surface area contributed by atoms with Gasteiger partial charge in [-0.3, -0.25) is 5.10 Å². The van der Waals surface area contributed by atoms with Crippen LogP contribution in [0.5, 0.6) is 5.88 Å². The summed E-state index contributed by atoms with van der Waals surface area (Å²) in [5.74, 6) is -0.121. The third-order valence-electron chi connectivity index (χ3n) is 4.35. The van der Waals surface area contributed by atoms with Crippen LogP contribution in [0.2, 0.25) is 15.1 Å². The number of ether oxygens (including phenoxy) is 1. The van der Waals surface area contributed by atoms with Crippen LogP contribution in [0, 0.1) is 11.3 Å². The van der Waals surface area contributed by atoms with Gasteiger partial charge in [0.25, 0.3) is 0 Å². The second kappa shape index (κ2) is 6.82. The number of halogens is 3. The molecule has 5 nitrogen and oxygen atoms in total. The molecule has 2 heterocycles. The molecule has 0 spiro atoms. The van der Waals surface area contributed by atoms with Gasteiger partial charge in [0.15, 0.2) is 0 Å². The number of fused-ring (bicyclic) bond motifs is 1. The molecule has 27 heavy (non-hydrogen) atoms. The smallest absolute Gasteiger partial charge is 0.244 e. The summed E-state index contributed by atoms with van der Waals surface area (Å²) in [6.45, 7) is 0. The molecule has 0 saturated heterocycles. The summed E-state index contributed by atoms with van der Waals surface area (Å²) >= 11 is 18.2. The van der Waals surface area contributed by atoms with Crippen molar-refractivity contribution in [2.24, 2.45) is 5.73 Å². The lowest BCUT2D eigenvalue weighted by molar-refractivity contribution is 0.379. The van der Waals surface area contributed by atoms with Crippen molar-refractivity contribution >= 4 is 34.8 Å². The highest BCUT2D eigenvalue weighted by molar-refractivity contribution is 6.42. The fourth-order valence-corrected chi connectivity index (χ4v) is 3.53. The number of nitrogens with zero attached hydrogens (tertiary/aromatic N) is 2. The lowest BCUT2D eigenvalue weighted by Crippen LogP contribution is -2.20. The van der Waals surface area contributed by atoms with E-state index in [1.54, 1.807) is 24.3 Å². The van der Waals surface area contributed by atoms with E-state index in [0.29, 0.717) is 37.8 Å². The number of aromatic nitrogens is 2. The Morgan fingerprint density at radius 2 is 1.81 bits per heavy atom. The average molecular weight is 418 g/mol. The van der Waals surface area contributed by atoms with Crippen LogP contribution in [0.4, 0.5) is 0 Å². The molecule has 4 rings (SSSR count). The summed E-state index contributed by atoms with van der Waals surface area (Å²) in [7, 11) is 0. The molecule has 3 aromatic rings. The van der Waals surface area contributed by atoms with E-state index in [2.05, 4.69) is 16.3 Å². The highest BCUT2D eigenvalue weighted by atomic mass is 35.5. The zero-order chi connectivity index (χ0) is 19.1. The zero-order valence-corrected chi connectivity index (χ0v) is 15.9. The fourth-order valence-electron chi connectivity index (χ4n) is 3.11. The standard InChI is InChI=1S/C19H11Cl3N4O/c20-11-4-1-9(2-5-11)15-12(8-23)18(24)27-19-16(15)17(25-26-19)10-3-6-13(21)14(22)7-10/h1-7,15H,24H2,(H,25,26). The second-order valence-corrected chi connectivity index (χ2v) is 7.17. The van der Waals surface area contributed by atoms with Gasteiger partial charge in [0.2, 0.25) is 11.8 Å². The highest BCUT2D eigenvalue weighted by Crippen LogP contribution is 2.46. The number of benzene rings is 2. The summed E-state index contributed by atoms with van der Waals surface area (Å²) < 4.78 is 5.57. The minimum absolute atomic E-state index is 0.0251. The highest BCUT2D eigenvalue weighted by Gasteiger charge is 2.35. The van der Waals surface area contributed by atoms with Crippen molar-refractivity contribution < 1.29 is 4.74 Å². The summed E-state index contributed by atoms with van der Waals surface area (Å²) in [6, 6.07) is 14.6. The number of allylic oxidation sites excluding steroid dienone is 1. The Balaban J connectivity index is 1.94. The van der Waals surface area contributed by atoms with Gasteiger partial charge in [0, 0.05) is 10.6 Å². The van der Waals surface area contributed by atoms with Crippen LogP contribution in [0.25, 0.3) is 11.3 Å². The topological polar surface area (TPSA) is 87.7 Å². The summed E-state index contributed by atoms with van der Waals surface area (Å²) in [4.78, 5) is 0. The van der Waals surface area contributed by atoms with Crippen LogP contribution in [-0.4, -0.2) is 10.2 Å². The van der Waals surface area contributed by atoms with Gasteiger partial charge in [-0.15, -0.1) is 5.10 Å². The Kier molecular flexibility index (Phi) is 4.48. The van der Waals surface area contributed by atoms with Crippen molar-refractivity contribution in [3.8, 4) is 23.2 Å². The van der Waals surface area contributed by atoms with Gasteiger partial charge in [-0.05, 0) is 29.8 Å². The monoisotopic (exact) mass is 416 g/mol. The van der Waals surface area contributed by atoms with Gasteiger partial charge in [-0.1, -0.05) is 53.0 Å². The first kappa shape index (κ1) is 17.7. The molecular formula is C19H11Cl3N4O. The lowest BCUT2D eigenvalue weighted by Gasteiger charge is -2.24. The van der Waals surface area contributed by atoms with E-state index < -0.39 is 5.92 Å². The summed E-state index contributed by atoms with van der Waals surface area (Å²) in [6.07, 6.45) is 0. The molecule has 0 saturated carbocycles. The normalized spacial score (nSPS) is 15.9. The molecule has 3 N–H and O–H groups in total. The van der Waals surface area contributed by atoms with E-state index in [1.165, 1.54) is 0 Å². The number of hydrogen-bond acceptors (Lipinski definition) is 4. The largest absolute Gasteiger partial charge is 0.420 e. The number of H-pyrrole nitrogens is 1. The first-order valence-corrected chi connectivity index (χ1v) is 8.99. The van der Waals surface area contributed by atoms with Gasteiger partial charge < -0.3 is 10.5 Å². The summed E-state index contributed by atoms with van der Waals surface area (Å²) in [5, 5.41) is 18.3. The van der Waals surface area contributed by atoms with Gasteiger partial charge in [-0.2, -0.15) is 5.26 Å². The second-order valence-electron chi connectivity index (χ2n) is 5.92. The predicted octanol–water partition coefficient (Wildman–Crippen LogP) is 5.26. The van der Waals surface area contributed by atoms with Gasteiger partial charge in [0.1, 0.15) is 11.6 Å². The molecule has 0 aliphatic carbocycles.